The highest BCUT2D eigenvalue weighted by Crippen LogP contribution is 2.26. The summed E-state index contributed by atoms with van der Waals surface area (Å²) in [4.78, 5) is 22.5. The largest absolute Gasteiger partial charge is 0.481 e. The van der Waals surface area contributed by atoms with E-state index in [-0.39, 0.29) is 24.2 Å². The summed E-state index contributed by atoms with van der Waals surface area (Å²) in [5.74, 6) is -0.798. The van der Waals surface area contributed by atoms with Crippen LogP contribution >= 0.6 is 0 Å². The smallest absolute Gasteiger partial charge is 0.303 e. The van der Waals surface area contributed by atoms with Gasteiger partial charge in [-0.2, -0.15) is 5.10 Å². The maximum atomic E-state index is 11.9. The Morgan fingerprint density at radius 2 is 1.83 bits per heavy atom. The molecule has 0 spiro atoms. The molecular weight excluding hydrogens is 294 g/mol. The number of amides is 1. The van der Waals surface area contributed by atoms with Crippen molar-refractivity contribution in [3.05, 3.63) is 42.1 Å². The number of carboxylic acids is 1. The van der Waals surface area contributed by atoms with Crippen molar-refractivity contribution in [2.75, 3.05) is 5.32 Å². The molecule has 2 aromatic rings. The Morgan fingerprint density at radius 1 is 1.17 bits per heavy atom. The van der Waals surface area contributed by atoms with Gasteiger partial charge in [-0.05, 0) is 12.1 Å². The average molecular weight is 315 g/mol. The Morgan fingerprint density at radius 3 is 2.39 bits per heavy atom. The quantitative estimate of drug-likeness (QED) is 0.888. The zero-order valence-corrected chi connectivity index (χ0v) is 13.5. The SMILES string of the molecule is CC(C)(C)c1cc(NC(=O)CCC(=O)O)n(-c2ccccc2)n1. The summed E-state index contributed by atoms with van der Waals surface area (Å²) in [6, 6.07) is 11.3. The van der Waals surface area contributed by atoms with Crippen LogP contribution in [0, 0.1) is 0 Å². The Kier molecular flexibility index (Phi) is 4.83. The summed E-state index contributed by atoms with van der Waals surface area (Å²) in [6.45, 7) is 6.13. The second-order valence-electron chi connectivity index (χ2n) is 6.35. The zero-order valence-electron chi connectivity index (χ0n) is 13.5. The fourth-order valence-electron chi connectivity index (χ4n) is 2.03. The fraction of sp³-hybridized carbons (Fsp3) is 0.353. The van der Waals surface area contributed by atoms with Crippen LogP contribution in [0.2, 0.25) is 0 Å². The molecule has 1 amide bonds. The summed E-state index contributed by atoms with van der Waals surface area (Å²) in [7, 11) is 0. The summed E-state index contributed by atoms with van der Waals surface area (Å²) in [5.41, 5.74) is 1.51. The second kappa shape index (κ2) is 6.64. The van der Waals surface area contributed by atoms with Crippen LogP contribution in [0.3, 0.4) is 0 Å². The lowest BCUT2D eigenvalue weighted by molar-refractivity contribution is -0.138. The minimum atomic E-state index is -0.993. The molecule has 2 rings (SSSR count). The molecule has 1 aromatic carbocycles. The highest BCUT2D eigenvalue weighted by molar-refractivity contribution is 5.92. The van der Waals surface area contributed by atoms with Gasteiger partial charge in [-0.15, -0.1) is 0 Å². The number of nitrogens with zero attached hydrogens (tertiary/aromatic N) is 2. The molecule has 6 nitrogen and oxygen atoms in total. The van der Waals surface area contributed by atoms with Crippen LogP contribution in [0.4, 0.5) is 5.82 Å². The predicted octanol–water partition coefficient (Wildman–Crippen LogP) is 2.97. The third kappa shape index (κ3) is 4.42. The molecule has 0 atom stereocenters. The molecule has 0 radical (unpaired) electrons. The number of aliphatic carboxylic acids is 1. The summed E-state index contributed by atoms with van der Waals surface area (Å²) in [6.07, 6.45) is -0.266. The van der Waals surface area contributed by atoms with Crippen molar-refractivity contribution in [1.29, 1.82) is 0 Å². The van der Waals surface area contributed by atoms with Crippen LogP contribution in [0.5, 0.6) is 0 Å². The molecule has 0 fully saturated rings. The number of hydrogen-bond donors (Lipinski definition) is 2. The highest BCUT2D eigenvalue weighted by Gasteiger charge is 2.21. The van der Waals surface area contributed by atoms with Crippen LogP contribution in [0.25, 0.3) is 5.69 Å². The second-order valence-corrected chi connectivity index (χ2v) is 6.35. The number of nitrogens with one attached hydrogen (secondary N) is 1. The first-order valence-corrected chi connectivity index (χ1v) is 7.45. The number of anilines is 1. The molecule has 122 valence electrons. The van der Waals surface area contributed by atoms with E-state index in [0.29, 0.717) is 5.82 Å². The van der Waals surface area contributed by atoms with Crippen molar-refractivity contribution in [2.45, 2.75) is 39.0 Å². The van der Waals surface area contributed by atoms with Gasteiger partial charge in [0.05, 0.1) is 17.8 Å². The Hall–Kier alpha value is -2.63. The molecule has 0 unspecified atom stereocenters. The van der Waals surface area contributed by atoms with Crippen molar-refractivity contribution >= 4 is 17.7 Å². The van der Waals surface area contributed by atoms with E-state index in [1.807, 2.05) is 57.2 Å². The lowest BCUT2D eigenvalue weighted by Gasteiger charge is -2.14. The average Bonchev–Trinajstić information content (AvgIpc) is 2.90. The van der Waals surface area contributed by atoms with Crippen LogP contribution in [-0.4, -0.2) is 26.8 Å². The minimum Gasteiger partial charge on any atom is -0.481 e. The molecule has 0 aliphatic rings. The minimum absolute atomic E-state index is 0.0693. The van der Waals surface area contributed by atoms with Crippen LogP contribution in [0.15, 0.2) is 36.4 Å². The molecule has 0 aliphatic carbocycles. The van der Waals surface area contributed by atoms with E-state index >= 15 is 0 Å². The van der Waals surface area contributed by atoms with Crippen LogP contribution < -0.4 is 5.32 Å². The van der Waals surface area contributed by atoms with Crippen LogP contribution in [-0.2, 0) is 15.0 Å². The van der Waals surface area contributed by atoms with Gasteiger partial charge >= 0.3 is 5.97 Å². The topological polar surface area (TPSA) is 84.2 Å². The van der Waals surface area contributed by atoms with Gasteiger partial charge < -0.3 is 10.4 Å². The summed E-state index contributed by atoms with van der Waals surface area (Å²) < 4.78 is 1.67. The third-order valence-electron chi connectivity index (χ3n) is 3.31. The molecular formula is C17H21N3O3. The van der Waals surface area contributed by atoms with E-state index in [9.17, 15) is 9.59 Å². The summed E-state index contributed by atoms with van der Waals surface area (Å²) >= 11 is 0. The van der Waals surface area contributed by atoms with E-state index in [0.717, 1.165) is 11.4 Å². The molecule has 0 bridgehead atoms. The Balaban J connectivity index is 2.31. The fourth-order valence-corrected chi connectivity index (χ4v) is 2.03. The lowest BCUT2D eigenvalue weighted by Crippen LogP contribution is -2.16. The maximum absolute atomic E-state index is 11.9. The van der Waals surface area contributed by atoms with E-state index in [1.165, 1.54) is 0 Å². The van der Waals surface area contributed by atoms with E-state index in [4.69, 9.17) is 5.11 Å². The molecule has 6 heteroatoms. The highest BCUT2D eigenvalue weighted by atomic mass is 16.4. The van der Waals surface area contributed by atoms with Crippen molar-refractivity contribution < 1.29 is 14.7 Å². The number of carbonyl (C=O) groups is 2. The van der Waals surface area contributed by atoms with Crippen molar-refractivity contribution in [2.24, 2.45) is 0 Å². The third-order valence-corrected chi connectivity index (χ3v) is 3.31. The molecule has 1 heterocycles. The molecule has 0 saturated heterocycles. The van der Waals surface area contributed by atoms with Crippen molar-refractivity contribution in [3.63, 3.8) is 0 Å². The maximum Gasteiger partial charge on any atom is 0.303 e. The predicted molar refractivity (Wildman–Crippen MR) is 87.8 cm³/mol. The molecule has 2 N–H and O–H groups in total. The van der Waals surface area contributed by atoms with Gasteiger partial charge in [-0.1, -0.05) is 39.0 Å². The van der Waals surface area contributed by atoms with Gasteiger partial charge in [-0.3, -0.25) is 9.59 Å². The van der Waals surface area contributed by atoms with Gasteiger partial charge in [0.25, 0.3) is 0 Å². The van der Waals surface area contributed by atoms with Crippen molar-refractivity contribution in [3.8, 4) is 5.69 Å². The van der Waals surface area contributed by atoms with Crippen LogP contribution in [0.1, 0.15) is 39.3 Å². The number of carbonyl (C=O) groups excluding carboxylic acids is 1. The number of rotatable bonds is 5. The van der Waals surface area contributed by atoms with Crippen molar-refractivity contribution in [1.82, 2.24) is 9.78 Å². The Bertz CT molecular complexity index is 700. The van der Waals surface area contributed by atoms with Gasteiger partial charge in [0.1, 0.15) is 5.82 Å². The molecule has 23 heavy (non-hydrogen) atoms. The number of hydrogen-bond acceptors (Lipinski definition) is 3. The van der Waals surface area contributed by atoms with Gasteiger partial charge in [-0.25, -0.2) is 4.68 Å². The monoisotopic (exact) mass is 315 g/mol. The standard InChI is InChI=1S/C17H21N3O3/c1-17(2,3)13-11-14(18-15(21)9-10-16(22)23)20(19-13)12-7-5-4-6-8-12/h4-8,11H,9-10H2,1-3H3,(H,18,21)(H,22,23). The first kappa shape index (κ1) is 16.7. The first-order valence-electron chi connectivity index (χ1n) is 7.45. The van der Waals surface area contributed by atoms with Gasteiger partial charge in [0.15, 0.2) is 0 Å². The normalized spacial score (nSPS) is 11.3. The summed E-state index contributed by atoms with van der Waals surface area (Å²) in [5, 5.41) is 16.0. The zero-order chi connectivity index (χ0) is 17.0. The lowest BCUT2D eigenvalue weighted by atomic mass is 9.92. The molecule has 1 aromatic heterocycles. The number of para-hydroxylation sites is 1. The van der Waals surface area contributed by atoms with E-state index in [1.54, 1.807) is 4.68 Å². The Labute approximate surface area is 135 Å². The number of benzene rings is 1. The van der Waals surface area contributed by atoms with E-state index < -0.39 is 5.97 Å². The van der Waals surface area contributed by atoms with Gasteiger partial charge in [0.2, 0.25) is 5.91 Å². The first-order chi connectivity index (χ1) is 10.8. The number of carboxylic acid groups (broad SMARTS) is 1. The number of aromatic nitrogens is 2. The van der Waals surface area contributed by atoms with Gasteiger partial charge in [0, 0.05) is 17.9 Å². The van der Waals surface area contributed by atoms with E-state index in [2.05, 4.69) is 10.4 Å². The molecule has 0 saturated carbocycles. The molecule has 0 aliphatic heterocycles.